The van der Waals surface area contributed by atoms with Gasteiger partial charge in [-0.15, -0.1) is 0 Å². The van der Waals surface area contributed by atoms with Gasteiger partial charge in [-0.25, -0.2) is 9.13 Å². The molecule has 0 saturated heterocycles. The van der Waals surface area contributed by atoms with Crippen LogP contribution in [0.5, 0.6) is 0 Å². The van der Waals surface area contributed by atoms with Gasteiger partial charge in [-0.3, -0.25) is 37.3 Å². The third kappa shape index (κ3) is 64.1. The number of aliphatic hydroxyl groups is 1. The maximum atomic E-state index is 13.0. The molecular weight excluding hydrogens is 1210 g/mol. The highest BCUT2D eigenvalue weighted by atomic mass is 31.2. The quantitative estimate of drug-likeness (QED) is 0.0222. The largest absolute Gasteiger partial charge is 0.472 e. The normalized spacial score (nSPS) is 14.8. The summed E-state index contributed by atoms with van der Waals surface area (Å²) in [5.74, 6) is 0.865. The summed E-state index contributed by atoms with van der Waals surface area (Å²) in [7, 11) is -9.90. The van der Waals surface area contributed by atoms with Crippen LogP contribution in [0.4, 0.5) is 0 Å². The first kappa shape index (κ1) is 90.1. The molecule has 3 N–H and O–H groups in total. The lowest BCUT2D eigenvalue weighted by molar-refractivity contribution is -0.161. The number of carbonyl (C=O) groups is 4. The van der Waals surface area contributed by atoms with E-state index in [4.69, 9.17) is 37.0 Å². The molecule has 19 heteroatoms. The average molecular weight is 1350 g/mol. The molecule has 0 fully saturated rings. The van der Waals surface area contributed by atoms with E-state index in [1.165, 1.54) is 161 Å². The molecule has 0 saturated carbocycles. The van der Waals surface area contributed by atoms with Gasteiger partial charge in [-0.2, -0.15) is 0 Å². The molecule has 0 bridgehead atoms. The van der Waals surface area contributed by atoms with E-state index >= 15 is 0 Å². The number of phosphoric ester groups is 2. The van der Waals surface area contributed by atoms with Crippen LogP contribution in [-0.2, 0) is 65.4 Å². The minimum Gasteiger partial charge on any atom is -0.462 e. The number of ether oxygens (including phenoxy) is 4. The van der Waals surface area contributed by atoms with Gasteiger partial charge >= 0.3 is 39.5 Å². The number of esters is 4. The number of hydrogen-bond acceptors (Lipinski definition) is 15. The third-order valence-corrected chi connectivity index (χ3v) is 19.4. The van der Waals surface area contributed by atoms with Gasteiger partial charge in [0.1, 0.15) is 19.3 Å². The van der Waals surface area contributed by atoms with Gasteiger partial charge in [-0.1, -0.05) is 312 Å². The van der Waals surface area contributed by atoms with E-state index < -0.39 is 97.5 Å². The second-order valence-corrected chi connectivity index (χ2v) is 30.7. The zero-order chi connectivity index (χ0) is 68.2. The number of rotatable bonds is 70. The molecule has 0 amide bonds. The number of phosphoric acid groups is 2. The molecule has 17 nitrogen and oxygen atoms in total. The number of hydrogen-bond donors (Lipinski definition) is 3. The average Bonchev–Trinajstić information content (AvgIpc) is 1.35. The topological polar surface area (TPSA) is 237 Å². The number of aliphatic hydroxyl groups excluding tert-OH is 1. The summed E-state index contributed by atoms with van der Waals surface area (Å²) in [5.41, 5.74) is 0. The standard InChI is InChI=1S/C73H142O17P2/c1-9-65(7)51-43-35-26-21-19-17-15-13-11-12-14-16-18-20-22-28-39-47-55-72(77)89-68(60-84-71(76)54-46-38-32-30-36-44-52-66(8)10-2)61-87-91(79,80)85-57-67(74)58-86-92(81,82)88-62-69(90-73(78)56-48-40-31-29-34-42-50-64(5)6)59-83-70(75)53-45-37-27-24-23-25-33-41-49-63(3)4/h63-69,74H,9-62H2,1-8H3,(H,79,80)(H,81,82)/t65?,66?,67-,68+,69+/m0/s1. The van der Waals surface area contributed by atoms with Crippen LogP contribution in [-0.4, -0.2) is 96.7 Å². The number of carbonyl (C=O) groups excluding carboxylic acids is 4. The van der Waals surface area contributed by atoms with Crippen LogP contribution in [0.1, 0.15) is 364 Å². The number of unbranched alkanes of at least 4 members (excludes halogenated alkanes) is 34. The molecule has 0 aliphatic rings. The Bertz CT molecular complexity index is 1820. The van der Waals surface area contributed by atoms with Crippen molar-refractivity contribution in [2.75, 3.05) is 39.6 Å². The zero-order valence-electron chi connectivity index (χ0n) is 60.2. The predicted octanol–water partition coefficient (Wildman–Crippen LogP) is 20.9. The molecule has 7 atom stereocenters. The predicted molar refractivity (Wildman–Crippen MR) is 372 cm³/mol. The van der Waals surface area contributed by atoms with Crippen molar-refractivity contribution in [3.05, 3.63) is 0 Å². The Morgan fingerprint density at radius 2 is 0.522 bits per heavy atom. The Kier molecular flexibility index (Phi) is 61.3. The van der Waals surface area contributed by atoms with Crippen molar-refractivity contribution in [1.29, 1.82) is 0 Å². The summed E-state index contributed by atoms with van der Waals surface area (Å²) in [5, 5.41) is 10.6. The molecule has 546 valence electrons. The van der Waals surface area contributed by atoms with Crippen LogP contribution in [0.15, 0.2) is 0 Å². The Hall–Kier alpha value is -1.94. The summed E-state index contributed by atoms with van der Waals surface area (Å²) in [6, 6.07) is 0. The molecule has 0 heterocycles. The van der Waals surface area contributed by atoms with Gasteiger partial charge in [0, 0.05) is 25.7 Å². The molecule has 0 aromatic rings. The van der Waals surface area contributed by atoms with E-state index in [9.17, 15) is 43.2 Å². The fourth-order valence-corrected chi connectivity index (χ4v) is 12.5. The maximum Gasteiger partial charge on any atom is 0.472 e. The lowest BCUT2D eigenvalue weighted by Crippen LogP contribution is -2.30. The first-order valence-corrected chi connectivity index (χ1v) is 40.8. The van der Waals surface area contributed by atoms with Crippen LogP contribution in [0, 0.1) is 23.7 Å². The lowest BCUT2D eigenvalue weighted by atomic mass is 9.99. The Morgan fingerprint density at radius 3 is 0.772 bits per heavy atom. The summed E-state index contributed by atoms with van der Waals surface area (Å²) in [6.45, 7) is 14.1. The fraction of sp³-hybridized carbons (Fsp3) is 0.945. The van der Waals surface area contributed by atoms with E-state index in [0.717, 1.165) is 114 Å². The Morgan fingerprint density at radius 1 is 0.304 bits per heavy atom. The van der Waals surface area contributed by atoms with Crippen LogP contribution in [0.25, 0.3) is 0 Å². The summed E-state index contributed by atoms with van der Waals surface area (Å²) >= 11 is 0. The Labute approximate surface area is 562 Å². The van der Waals surface area contributed by atoms with Gasteiger partial charge in [0.2, 0.25) is 0 Å². The molecular formula is C73H142O17P2. The summed E-state index contributed by atoms with van der Waals surface area (Å²) in [6.07, 6.45) is 46.2. The van der Waals surface area contributed by atoms with Crippen molar-refractivity contribution in [2.45, 2.75) is 382 Å². The van der Waals surface area contributed by atoms with Gasteiger partial charge in [-0.05, 0) is 49.4 Å². The zero-order valence-corrected chi connectivity index (χ0v) is 62.0. The fourth-order valence-electron chi connectivity index (χ4n) is 11.0. The van der Waals surface area contributed by atoms with Crippen LogP contribution in [0.2, 0.25) is 0 Å². The van der Waals surface area contributed by atoms with E-state index in [0.29, 0.717) is 31.6 Å². The van der Waals surface area contributed by atoms with Crippen molar-refractivity contribution in [3.8, 4) is 0 Å². The van der Waals surface area contributed by atoms with Gasteiger partial charge in [0.25, 0.3) is 0 Å². The van der Waals surface area contributed by atoms with Gasteiger partial charge < -0.3 is 33.8 Å². The molecule has 0 aliphatic carbocycles. The van der Waals surface area contributed by atoms with Crippen molar-refractivity contribution in [1.82, 2.24) is 0 Å². The Balaban J connectivity index is 5.14. The first-order valence-electron chi connectivity index (χ1n) is 37.8. The van der Waals surface area contributed by atoms with Gasteiger partial charge in [0.05, 0.1) is 26.4 Å². The highest BCUT2D eigenvalue weighted by molar-refractivity contribution is 7.47. The SMILES string of the molecule is CCC(C)CCCCCCCCCCCCCCCCCCCCC(=O)O[C@H](COC(=O)CCCCCCCCC(C)CC)COP(=O)(O)OC[C@H](O)COP(=O)(O)OC[C@@H](COC(=O)CCCCCCCCCCC(C)C)OC(=O)CCCCCCCCC(C)C. The van der Waals surface area contributed by atoms with Crippen molar-refractivity contribution in [3.63, 3.8) is 0 Å². The maximum absolute atomic E-state index is 13.0. The van der Waals surface area contributed by atoms with Crippen molar-refractivity contribution in [2.24, 2.45) is 23.7 Å². The second kappa shape index (κ2) is 62.6. The van der Waals surface area contributed by atoms with Crippen molar-refractivity contribution >= 4 is 39.5 Å². The lowest BCUT2D eigenvalue weighted by Gasteiger charge is -2.21. The molecule has 0 rings (SSSR count). The molecule has 0 radical (unpaired) electrons. The van der Waals surface area contributed by atoms with Crippen LogP contribution in [0.3, 0.4) is 0 Å². The minimum atomic E-state index is -4.95. The van der Waals surface area contributed by atoms with E-state index in [1.807, 2.05) is 0 Å². The van der Waals surface area contributed by atoms with E-state index in [2.05, 4.69) is 55.4 Å². The van der Waals surface area contributed by atoms with Crippen molar-refractivity contribution < 1.29 is 80.2 Å². The molecule has 92 heavy (non-hydrogen) atoms. The van der Waals surface area contributed by atoms with Crippen LogP contribution >= 0.6 is 15.6 Å². The third-order valence-electron chi connectivity index (χ3n) is 17.5. The molecule has 0 aliphatic heterocycles. The molecule has 0 spiro atoms. The molecule has 0 aromatic carbocycles. The highest BCUT2D eigenvalue weighted by Gasteiger charge is 2.30. The summed E-state index contributed by atoms with van der Waals surface area (Å²) in [4.78, 5) is 72.5. The van der Waals surface area contributed by atoms with E-state index in [1.54, 1.807) is 0 Å². The molecule has 4 unspecified atom stereocenters. The molecule has 0 aromatic heterocycles. The van der Waals surface area contributed by atoms with Gasteiger partial charge in [0.15, 0.2) is 12.2 Å². The second-order valence-electron chi connectivity index (χ2n) is 27.8. The van der Waals surface area contributed by atoms with Crippen LogP contribution < -0.4 is 0 Å². The van der Waals surface area contributed by atoms with E-state index in [-0.39, 0.29) is 25.7 Å². The smallest absolute Gasteiger partial charge is 0.462 e. The highest BCUT2D eigenvalue weighted by Crippen LogP contribution is 2.45. The minimum absolute atomic E-state index is 0.101. The summed E-state index contributed by atoms with van der Waals surface area (Å²) < 4.78 is 68.3. The first-order chi connectivity index (χ1) is 44.2. The monoisotopic (exact) mass is 1350 g/mol.